The van der Waals surface area contributed by atoms with Crippen molar-refractivity contribution in [2.24, 2.45) is 11.0 Å². The molecule has 0 radical (unpaired) electrons. The van der Waals surface area contributed by atoms with Crippen LogP contribution in [0.15, 0.2) is 53.7 Å². The van der Waals surface area contributed by atoms with Crippen LogP contribution in [0.5, 0.6) is 0 Å². The SMILES string of the molecule is CC(=O)O.CCCCC(CC(=O)NN)=NO.c1ccc2ccccc2c1. The number of hydrogen-bond donors (Lipinski definition) is 4. The Balaban J connectivity index is 0.000000402. The van der Waals surface area contributed by atoms with Crippen LogP contribution in [0.3, 0.4) is 0 Å². The maximum absolute atomic E-state index is 10.7. The number of carboxylic acids is 1. The molecule has 0 unspecified atom stereocenters. The van der Waals surface area contributed by atoms with Gasteiger partial charge in [-0.15, -0.1) is 0 Å². The topological polar surface area (TPSA) is 125 Å². The molecular weight excluding hydrogens is 334 g/mol. The first-order chi connectivity index (χ1) is 12.4. The Labute approximate surface area is 153 Å². The van der Waals surface area contributed by atoms with Gasteiger partial charge in [-0.3, -0.25) is 15.0 Å². The van der Waals surface area contributed by atoms with E-state index in [0.717, 1.165) is 19.8 Å². The van der Waals surface area contributed by atoms with E-state index >= 15 is 0 Å². The van der Waals surface area contributed by atoms with Crippen LogP contribution < -0.4 is 11.3 Å². The number of carboxylic acid groups (broad SMARTS) is 1. The Morgan fingerprint density at radius 3 is 1.81 bits per heavy atom. The molecule has 142 valence electrons. The van der Waals surface area contributed by atoms with Gasteiger partial charge in [0.2, 0.25) is 5.91 Å². The van der Waals surface area contributed by atoms with Crippen molar-refractivity contribution < 1.29 is 19.9 Å². The molecule has 1 amide bonds. The first-order valence-electron chi connectivity index (χ1n) is 8.27. The fourth-order valence-corrected chi connectivity index (χ4v) is 1.92. The normalized spacial score (nSPS) is 10.0. The molecule has 0 aromatic heterocycles. The number of hydrogen-bond acceptors (Lipinski definition) is 5. The quantitative estimate of drug-likeness (QED) is 0.214. The zero-order valence-corrected chi connectivity index (χ0v) is 15.2. The molecule has 0 fully saturated rings. The molecule has 2 aromatic rings. The summed E-state index contributed by atoms with van der Waals surface area (Å²) >= 11 is 0. The highest BCUT2D eigenvalue weighted by Gasteiger charge is 2.05. The summed E-state index contributed by atoms with van der Waals surface area (Å²) in [5, 5.41) is 21.5. The van der Waals surface area contributed by atoms with Gasteiger partial charge in [0.05, 0.1) is 12.1 Å². The zero-order chi connectivity index (χ0) is 19.8. The van der Waals surface area contributed by atoms with Crippen LogP contribution >= 0.6 is 0 Å². The highest BCUT2D eigenvalue weighted by Crippen LogP contribution is 2.11. The van der Waals surface area contributed by atoms with Crippen molar-refractivity contribution in [3.63, 3.8) is 0 Å². The number of fused-ring (bicyclic) bond motifs is 1. The minimum atomic E-state index is -0.833. The lowest BCUT2D eigenvalue weighted by atomic mass is 10.1. The van der Waals surface area contributed by atoms with Crippen LogP contribution in [0.1, 0.15) is 39.5 Å². The molecule has 2 aromatic carbocycles. The number of carbonyl (C=O) groups excluding carboxylic acids is 1. The van der Waals surface area contributed by atoms with Gasteiger partial charge in [-0.05, 0) is 23.6 Å². The molecule has 7 heteroatoms. The lowest BCUT2D eigenvalue weighted by Crippen LogP contribution is -2.31. The van der Waals surface area contributed by atoms with Gasteiger partial charge >= 0.3 is 0 Å². The summed E-state index contributed by atoms with van der Waals surface area (Å²) in [7, 11) is 0. The van der Waals surface area contributed by atoms with Crippen LogP contribution in [0, 0.1) is 0 Å². The van der Waals surface area contributed by atoms with Crippen molar-refractivity contribution >= 4 is 28.4 Å². The number of hydrazine groups is 1. The van der Waals surface area contributed by atoms with Gasteiger partial charge in [0.1, 0.15) is 0 Å². The number of benzene rings is 2. The van der Waals surface area contributed by atoms with Gasteiger partial charge in [-0.1, -0.05) is 67.0 Å². The lowest BCUT2D eigenvalue weighted by Gasteiger charge is -2.01. The van der Waals surface area contributed by atoms with Crippen LogP contribution in [0.2, 0.25) is 0 Å². The van der Waals surface area contributed by atoms with Gasteiger partial charge in [0, 0.05) is 6.92 Å². The first kappa shape index (κ1) is 23.1. The molecule has 0 spiro atoms. The molecule has 0 saturated heterocycles. The average Bonchev–Trinajstić information content (AvgIpc) is 2.65. The Morgan fingerprint density at radius 1 is 1.08 bits per heavy atom. The van der Waals surface area contributed by atoms with Crippen molar-refractivity contribution in [3.8, 4) is 0 Å². The molecule has 0 saturated carbocycles. The average molecular weight is 361 g/mol. The van der Waals surface area contributed by atoms with Gasteiger partial charge in [0.15, 0.2) is 0 Å². The number of nitrogens with zero attached hydrogens (tertiary/aromatic N) is 1. The van der Waals surface area contributed by atoms with Crippen molar-refractivity contribution in [3.05, 3.63) is 48.5 Å². The van der Waals surface area contributed by atoms with E-state index in [9.17, 15) is 4.79 Å². The molecule has 0 aliphatic carbocycles. The first-order valence-corrected chi connectivity index (χ1v) is 8.27. The molecule has 7 nitrogen and oxygen atoms in total. The largest absolute Gasteiger partial charge is 0.481 e. The van der Waals surface area contributed by atoms with Crippen LogP contribution in [-0.2, 0) is 9.59 Å². The van der Waals surface area contributed by atoms with Crippen LogP contribution in [-0.4, -0.2) is 27.9 Å². The molecule has 26 heavy (non-hydrogen) atoms. The second kappa shape index (κ2) is 14.4. The van der Waals surface area contributed by atoms with E-state index in [1.165, 1.54) is 10.8 Å². The van der Waals surface area contributed by atoms with Crippen molar-refractivity contribution in [2.45, 2.75) is 39.5 Å². The van der Waals surface area contributed by atoms with Crippen LogP contribution in [0.4, 0.5) is 0 Å². The Hall–Kier alpha value is -2.93. The Morgan fingerprint density at radius 2 is 1.50 bits per heavy atom. The van der Waals surface area contributed by atoms with E-state index in [2.05, 4.69) is 53.7 Å². The van der Waals surface area contributed by atoms with Gasteiger partial charge in [-0.2, -0.15) is 0 Å². The maximum Gasteiger partial charge on any atom is 0.300 e. The fraction of sp³-hybridized carbons (Fsp3) is 0.316. The molecule has 0 bridgehead atoms. The van der Waals surface area contributed by atoms with Crippen molar-refractivity contribution in [1.82, 2.24) is 5.43 Å². The monoisotopic (exact) mass is 361 g/mol. The molecule has 5 N–H and O–H groups in total. The second-order valence-electron chi connectivity index (χ2n) is 5.38. The summed E-state index contributed by atoms with van der Waals surface area (Å²) in [6, 6.07) is 16.7. The minimum Gasteiger partial charge on any atom is -0.481 e. The lowest BCUT2D eigenvalue weighted by molar-refractivity contribution is -0.134. The Kier molecular flexibility index (Phi) is 12.8. The van der Waals surface area contributed by atoms with E-state index in [-0.39, 0.29) is 12.3 Å². The number of rotatable bonds is 5. The third-order valence-electron chi connectivity index (χ3n) is 3.14. The summed E-state index contributed by atoms with van der Waals surface area (Å²) in [6.07, 6.45) is 2.63. The van der Waals surface area contributed by atoms with E-state index < -0.39 is 5.97 Å². The number of aliphatic carboxylic acids is 1. The van der Waals surface area contributed by atoms with Gasteiger partial charge in [0.25, 0.3) is 5.97 Å². The van der Waals surface area contributed by atoms with Crippen molar-refractivity contribution in [2.75, 3.05) is 0 Å². The van der Waals surface area contributed by atoms with E-state index in [1.54, 1.807) is 0 Å². The summed E-state index contributed by atoms with van der Waals surface area (Å²) in [5.41, 5.74) is 2.45. The molecular formula is C19H27N3O4. The standard InChI is InChI=1S/C10H8.C7H15N3O2.C2H4O2/c1-2-6-10-8-4-3-7-9(10)5-1;1-2-3-4-6(10-12)5-7(11)9-8;1-2(3)4/h1-8H;12H,2-5,8H2,1H3,(H,9,11);1H3,(H,3,4). The third kappa shape index (κ3) is 11.6. The van der Waals surface area contributed by atoms with E-state index in [1.807, 2.05) is 12.3 Å². The fourth-order valence-electron chi connectivity index (χ4n) is 1.92. The highest BCUT2D eigenvalue weighted by molar-refractivity contribution is 6.00. The predicted octanol–water partition coefficient (Wildman–Crippen LogP) is 3.32. The van der Waals surface area contributed by atoms with E-state index in [4.69, 9.17) is 21.0 Å². The number of unbranched alkanes of at least 4 members (excludes halogenated alkanes) is 1. The number of amides is 1. The maximum atomic E-state index is 10.7. The minimum absolute atomic E-state index is 0.0764. The summed E-state index contributed by atoms with van der Waals surface area (Å²) in [5.74, 6) is 3.70. The summed E-state index contributed by atoms with van der Waals surface area (Å²) in [6.45, 7) is 3.11. The number of oxime groups is 1. The smallest absolute Gasteiger partial charge is 0.300 e. The molecule has 0 aliphatic heterocycles. The van der Waals surface area contributed by atoms with Gasteiger partial charge in [-0.25, -0.2) is 5.84 Å². The number of nitrogens with two attached hydrogens (primary N) is 1. The van der Waals surface area contributed by atoms with Gasteiger partial charge < -0.3 is 10.3 Å². The number of carbonyl (C=O) groups is 2. The van der Waals surface area contributed by atoms with Crippen LogP contribution in [0.25, 0.3) is 10.8 Å². The summed E-state index contributed by atoms with van der Waals surface area (Å²) in [4.78, 5) is 19.7. The van der Waals surface area contributed by atoms with E-state index in [0.29, 0.717) is 12.1 Å². The highest BCUT2D eigenvalue weighted by atomic mass is 16.4. The Bertz CT molecular complexity index is 633. The molecule has 2 rings (SSSR count). The van der Waals surface area contributed by atoms with Crippen molar-refractivity contribution in [1.29, 1.82) is 0 Å². The number of nitrogens with one attached hydrogen (secondary N) is 1. The molecule has 0 aliphatic rings. The predicted molar refractivity (Wildman–Crippen MR) is 103 cm³/mol. The second-order valence-corrected chi connectivity index (χ2v) is 5.38. The zero-order valence-electron chi connectivity index (χ0n) is 15.2. The summed E-state index contributed by atoms with van der Waals surface area (Å²) < 4.78 is 0. The molecule has 0 atom stereocenters. The third-order valence-corrected chi connectivity index (χ3v) is 3.14. The molecule has 0 heterocycles.